The molecule has 1 aliphatic heterocycles. The van der Waals surface area contributed by atoms with E-state index in [0.29, 0.717) is 5.92 Å². The van der Waals surface area contributed by atoms with Gasteiger partial charge in [-0.3, -0.25) is 0 Å². The molecule has 28 heavy (non-hydrogen) atoms. The first-order valence-electron chi connectivity index (χ1n) is 10.2. The summed E-state index contributed by atoms with van der Waals surface area (Å²) in [6, 6.07) is 8.39. The SMILES string of the molecule is C=CC[C@H](Cc1ccc(Br)cc1)/C(C)=N/N1C(=O)O[C@@H]2C[C@H]3CC[C@@]21C3(C)C. The second kappa shape index (κ2) is 7.01. The number of hydrogen-bond acceptors (Lipinski definition) is 3. The van der Waals surface area contributed by atoms with Crippen molar-refractivity contribution in [3.63, 3.8) is 0 Å². The Bertz CT molecular complexity index is 816. The van der Waals surface area contributed by atoms with Crippen LogP contribution in [0.25, 0.3) is 0 Å². The molecule has 0 unspecified atom stereocenters. The third kappa shape index (κ3) is 2.85. The van der Waals surface area contributed by atoms with E-state index < -0.39 is 0 Å². The Labute approximate surface area is 176 Å². The van der Waals surface area contributed by atoms with E-state index >= 15 is 0 Å². The fourth-order valence-electron chi connectivity index (χ4n) is 5.75. The maximum Gasteiger partial charge on any atom is 0.431 e. The Morgan fingerprint density at radius 3 is 2.79 bits per heavy atom. The van der Waals surface area contributed by atoms with Crippen molar-refractivity contribution in [1.82, 2.24) is 5.01 Å². The molecule has 1 amide bonds. The van der Waals surface area contributed by atoms with Crippen LogP contribution in [0, 0.1) is 17.3 Å². The minimum absolute atomic E-state index is 0.0189. The molecular weight excluding hydrogens is 416 g/mol. The molecule has 2 saturated carbocycles. The Balaban J connectivity index is 1.63. The van der Waals surface area contributed by atoms with E-state index in [4.69, 9.17) is 9.84 Å². The minimum atomic E-state index is -0.285. The minimum Gasteiger partial charge on any atom is -0.442 e. The van der Waals surface area contributed by atoms with E-state index in [1.165, 1.54) is 5.56 Å². The number of rotatable bonds is 6. The van der Waals surface area contributed by atoms with Crippen LogP contribution in [-0.4, -0.2) is 28.5 Å². The lowest BCUT2D eigenvalue weighted by molar-refractivity contribution is 0.0567. The van der Waals surface area contributed by atoms with Gasteiger partial charge in [-0.1, -0.05) is 48.0 Å². The summed E-state index contributed by atoms with van der Waals surface area (Å²) in [5.74, 6) is 0.819. The van der Waals surface area contributed by atoms with Crippen LogP contribution in [0.5, 0.6) is 0 Å². The van der Waals surface area contributed by atoms with Crippen LogP contribution >= 0.6 is 15.9 Å². The molecule has 4 atom stereocenters. The number of amides is 1. The van der Waals surface area contributed by atoms with Crippen molar-refractivity contribution >= 4 is 27.7 Å². The molecule has 4 nitrogen and oxygen atoms in total. The number of halogens is 1. The second-order valence-electron chi connectivity index (χ2n) is 9.09. The summed E-state index contributed by atoms with van der Waals surface area (Å²) in [6.07, 6.45) is 6.46. The first kappa shape index (κ1) is 19.7. The van der Waals surface area contributed by atoms with Gasteiger partial charge in [-0.2, -0.15) is 10.1 Å². The summed E-state index contributed by atoms with van der Waals surface area (Å²) in [5, 5.41) is 6.64. The van der Waals surface area contributed by atoms with Crippen LogP contribution in [0.4, 0.5) is 4.79 Å². The zero-order chi connectivity index (χ0) is 20.1. The van der Waals surface area contributed by atoms with Crippen LogP contribution in [0.2, 0.25) is 0 Å². The average molecular weight is 445 g/mol. The summed E-state index contributed by atoms with van der Waals surface area (Å²) < 4.78 is 6.86. The molecule has 150 valence electrons. The average Bonchev–Trinajstić information content (AvgIpc) is 3.16. The highest BCUT2D eigenvalue weighted by molar-refractivity contribution is 9.10. The molecule has 0 aromatic heterocycles. The van der Waals surface area contributed by atoms with E-state index in [0.717, 1.165) is 42.3 Å². The molecule has 1 saturated heterocycles. The Hall–Kier alpha value is -1.62. The molecule has 2 aliphatic carbocycles. The Morgan fingerprint density at radius 1 is 1.43 bits per heavy atom. The molecule has 0 radical (unpaired) electrons. The molecule has 3 aliphatic rings. The third-order valence-corrected chi connectivity index (χ3v) is 8.06. The Morgan fingerprint density at radius 2 is 2.14 bits per heavy atom. The molecule has 4 rings (SSSR count). The van der Waals surface area contributed by atoms with Crippen LogP contribution < -0.4 is 0 Å². The molecule has 5 heteroatoms. The molecule has 3 fully saturated rings. The van der Waals surface area contributed by atoms with Crippen molar-refractivity contribution in [1.29, 1.82) is 0 Å². The highest BCUT2D eigenvalue weighted by Gasteiger charge is 2.73. The van der Waals surface area contributed by atoms with Crippen LogP contribution in [0.15, 0.2) is 46.5 Å². The third-order valence-electron chi connectivity index (χ3n) is 7.53. The number of carbonyl (C=O) groups is 1. The highest BCUT2D eigenvalue weighted by Crippen LogP contribution is 2.65. The van der Waals surface area contributed by atoms with Crippen LogP contribution in [-0.2, 0) is 11.2 Å². The van der Waals surface area contributed by atoms with Crippen molar-refractivity contribution in [2.75, 3.05) is 0 Å². The van der Waals surface area contributed by atoms with Gasteiger partial charge in [0.2, 0.25) is 0 Å². The van der Waals surface area contributed by atoms with E-state index in [9.17, 15) is 4.79 Å². The molecule has 0 N–H and O–H groups in total. The van der Waals surface area contributed by atoms with Crippen LogP contribution in [0.3, 0.4) is 0 Å². The molecule has 1 heterocycles. The monoisotopic (exact) mass is 444 g/mol. The fraction of sp³-hybridized carbons (Fsp3) is 0.565. The lowest BCUT2D eigenvalue weighted by Crippen LogP contribution is -2.53. The van der Waals surface area contributed by atoms with Gasteiger partial charge in [0.15, 0.2) is 0 Å². The quantitative estimate of drug-likeness (QED) is 0.401. The summed E-state index contributed by atoms with van der Waals surface area (Å²) in [4.78, 5) is 12.7. The zero-order valence-electron chi connectivity index (χ0n) is 17.0. The molecule has 1 aromatic rings. The number of carbonyl (C=O) groups excluding carboxylic acids is 1. The summed E-state index contributed by atoms with van der Waals surface area (Å²) in [6.45, 7) is 10.5. The normalized spacial score (nSPS) is 31.6. The standard InChI is InChI=1S/C23H29BrN2O2/c1-5-6-17(13-16-7-9-19(24)10-8-16)15(2)25-26-21(27)28-20-14-18-11-12-23(20,26)22(18,3)4/h5,7-10,17-18,20H,1,6,11-14H2,2-4H3/b25-15+/t17-,18-,20-,23+/m1/s1. The van der Waals surface area contributed by atoms with Crippen molar-refractivity contribution in [3.8, 4) is 0 Å². The topological polar surface area (TPSA) is 41.9 Å². The fourth-order valence-corrected chi connectivity index (χ4v) is 6.01. The van der Waals surface area contributed by atoms with Crippen molar-refractivity contribution in [2.24, 2.45) is 22.4 Å². The second-order valence-corrected chi connectivity index (χ2v) is 10.0. The highest BCUT2D eigenvalue weighted by atomic mass is 79.9. The lowest BCUT2D eigenvalue weighted by atomic mass is 9.75. The number of benzene rings is 1. The predicted molar refractivity (Wildman–Crippen MR) is 115 cm³/mol. The molecule has 1 aromatic carbocycles. The number of fused-ring (bicyclic) bond motifs is 1. The van der Waals surface area contributed by atoms with E-state index in [1.54, 1.807) is 5.01 Å². The maximum absolute atomic E-state index is 12.7. The van der Waals surface area contributed by atoms with E-state index in [-0.39, 0.29) is 29.1 Å². The largest absolute Gasteiger partial charge is 0.442 e. The van der Waals surface area contributed by atoms with Gasteiger partial charge in [0.05, 0.1) is 0 Å². The number of hydrogen-bond donors (Lipinski definition) is 0. The van der Waals surface area contributed by atoms with Gasteiger partial charge in [-0.15, -0.1) is 6.58 Å². The van der Waals surface area contributed by atoms with Gasteiger partial charge in [-0.25, -0.2) is 4.79 Å². The number of allylic oxidation sites excluding steroid dienone is 1. The lowest BCUT2D eigenvalue weighted by Gasteiger charge is -2.40. The first-order chi connectivity index (χ1) is 13.3. The van der Waals surface area contributed by atoms with Gasteiger partial charge >= 0.3 is 6.09 Å². The van der Waals surface area contributed by atoms with E-state index in [1.807, 2.05) is 13.0 Å². The van der Waals surface area contributed by atoms with Gasteiger partial charge in [0.25, 0.3) is 0 Å². The van der Waals surface area contributed by atoms with Gasteiger partial charge in [0.1, 0.15) is 11.6 Å². The first-order valence-corrected chi connectivity index (χ1v) is 11.0. The maximum atomic E-state index is 12.7. The number of ether oxygens (including phenoxy) is 1. The number of hydrazone groups is 1. The smallest absolute Gasteiger partial charge is 0.431 e. The van der Waals surface area contributed by atoms with Gasteiger partial charge < -0.3 is 4.74 Å². The molecule has 1 spiro atoms. The zero-order valence-corrected chi connectivity index (χ0v) is 18.5. The van der Waals surface area contributed by atoms with E-state index in [2.05, 4.69) is 60.6 Å². The summed E-state index contributed by atoms with van der Waals surface area (Å²) in [7, 11) is 0. The molecular formula is C23H29BrN2O2. The van der Waals surface area contributed by atoms with Gasteiger partial charge in [-0.05, 0) is 68.1 Å². The Kier molecular flexibility index (Phi) is 4.93. The van der Waals surface area contributed by atoms with Crippen LogP contribution in [0.1, 0.15) is 52.0 Å². The van der Waals surface area contributed by atoms with Crippen molar-refractivity contribution < 1.29 is 9.53 Å². The van der Waals surface area contributed by atoms with Crippen molar-refractivity contribution in [3.05, 3.63) is 47.0 Å². The number of nitrogens with zero attached hydrogens (tertiary/aromatic N) is 2. The predicted octanol–water partition coefficient (Wildman–Crippen LogP) is 5.96. The summed E-state index contributed by atoms with van der Waals surface area (Å²) in [5.41, 5.74) is 1.98. The molecule has 2 bridgehead atoms. The summed E-state index contributed by atoms with van der Waals surface area (Å²) >= 11 is 3.49. The van der Waals surface area contributed by atoms with Crippen molar-refractivity contribution in [2.45, 2.75) is 64.5 Å². The van der Waals surface area contributed by atoms with Gasteiger partial charge in [0, 0.05) is 16.1 Å².